The Balaban J connectivity index is 2.10. The summed E-state index contributed by atoms with van der Waals surface area (Å²) in [5.41, 5.74) is 1.68. The lowest BCUT2D eigenvalue weighted by Crippen LogP contribution is -2.05. The average Bonchev–Trinajstić information content (AvgIpc) is 2.93. The summed E-state index contributed by atoms with van der Waals surface area (Å²) < 4.78 is 1.42. The molecule has 94 valence electrons. The van der Waals surface area contributed by atoms with Gasteiger partial charge in [0.2, 0.25) is 5.28 Å². The van der Waals surface area contributed by atoms with Crippen molar-refractivity contribution in [2.24, 2.45) is 0 Å². The molecule has 3 heterocycles. The first kappa shape index (κ1) is 11.7. The van der Waals surface area contributed by atoms with E-state index in [1.807, 2.05) is 19.1 Å². The Morgan fingerprint density at radius 2 is 2.05 bits per heavy atom. The Kier molecular flexibility index (Phi) is 2.88. The zero-order valence-corrected chi connectivity index (χ0v) is 10.7. The molecular formula is C11H8ClN7. The minimum absolute atomic E-state index is 0.0936. The Morgan fingerprint density at radius 1 is 1.16 bits per heavy atom. The van der Waals surface area contributed by atoms with Crippen LogP contribution in [0.1, 0.15) is 5.69 Å². The number of rotatable bonds is 2. The van der Waals surface area contributed by atoms with Gasteiger partial charge in [-0.1, -0.05) is 0 Å². The van der Waals surface area contributed by atoms with Gasteiger partial charge in [-0.2, -0.15) is 24.7 Å². The van der Waals surface area contributed by atoms with E-state index in [0.29, 0.717) is 11.8 Å². The predicted molar refractivity (Wildman–Crippen MR) is 67.7 cm³/mol. The van der Waals surface area contributed by atoms with E-state index in [0.717, 1.165) is 11.3 Å². The molecule has 7 nitrogen and oxygen atoms in total. The van der Waals surface area contributed by atoms with Crippen LogP contribution in [-0.4, -0.2) is 34.7 Å². The Labute approximate surface area is 113 Å². The topological polar surface area (TPSA) is 82.3 Å². The first-order valence-electron chi connectivity index (χ1n) is 5.42. The highest BCUT2D eigenvalue weighted by Gasteiger charge is 2.09. The molecule has 0 saturated heterocycles. The van der Waals surface area contributed by atoms with E-state index < -0.39 is 0 Å². The molecule has 0 bridgehead atoms. The smallest absolute Gasteiger partial charge is 0.256 e. The molecule has 0 aliphatic carbocycles. The van der Waals surface area contributed by atoms with Crippen LogP contribution in [0.5, 0.6) is 0 Å². The van der Waals surface area contributed by atoms with Crippen LogP contribution in [0.3, 0.4) is 0 Å². The van der Waals surface area contributed by atoms with Gasteiger partial charge in [0.1, 0.15) is 12.7 Å². The Bertz CT molecular complexity index is 694. The molecule has 0 atom stereocenters. The number of pyridine rings is 1. The Morgan fingerprint density at radius 3 is 2.74 bits per heavy atom. The molecule has 0 amide bonds. The summed E-state index contributed by atoms with van der Waals surface area (Å²) in [6.45, 7) is 1.91. The largest absolute Gasteiger partial charge is 0.261 e. The van der Waals surface area contributed by atoms with Crippen molar-refractivity contribution in [3.05, 3.63) is 42.0 Å². The zero-order chi connectivity index (χ0) is 13.2. The van der Waals surface area contributed by atoms with Crippen molar-refractivity contribution < 1.29 is 0 Å². The van der Waals surface area contributed by atoms with Gasteiger partial charge in [-0.25, -0.2) is 4.98 Å². The maximum absolute atomic E-state index is 5.90. The van der Waals surface area contributed by atoms with Crippen molar-refractivity contribution in [1.82, 2.24) is 34.7 Å². The van der Waals surface area contributed by atoms with Crippen molar-refractivity contribution in [2.45, 2.75) is 6.92 Å². The number of hydrogen-bond donors (Lipinski definition) is 0. The second-order valence-corrected chi connectivity index (χ2v) is 4.09. The van der Waals surface area contributed by atoms with E-state index in [2.05, 4.69) is 30.0 Å². The van der Waals surface area contributed by atoms with Gasteiger partial charge in [0.15, 0.2) is 5.82 Å². The molecule has 0 unspecified atom stereocenters. The maximum atomic E-state index is 5.90. The van der Waals surface area contributed by atoms with Crippen LogP contribution >= 0.6 is 11.6 Å². The molecule has 0 radical (unpaired) electrons. The van der Waals surface area contributed by atoms with E-state index in [1.54, 1.807) is 6.20 Å². The number of halogens is 1. The molecule has 0 aromatic carbocycles. The van der Waals surface area contributed by atoms with Gasteiger partial charge >= 0.3 is 0 Å². The third kappa shape index (κ3) is 2.41. The fourth-order valence-corrected chi connectivity index (χ4v) is 1.64. The van der Waals surface area contributed by atoms with Crippen LogP contribution in [0.2, 0.25) is 5.28 Å². The standard InChI is InChI=1S/C11H8ClN7/c1-7-2-3-8(4-14-7)9-16-10(12)18-11(17-9)19-6-13-5-15-19/h2-6H,1H3. The lowest BCUT2D eigenvalue weighted by molar-refractivity contribution is 0.796. The SMILES string of the molecule is Cc1ccc(-c2nc(Cl)nc(-n3cncn3)n2)cn1. The molecule has 3 rings (SSSR count). The van der Waals surface area contributed by atoms with E-state index in [9.17, 15) is 0 Å². The zero-order valence-electron chi connectivity index (χ0n) is 9.90. The van der Waals surface area contributed by atoms with Gasteiger partial charge in [0, 0.05) is 17.5 Å². The molecule has 0 N–H and O–H groups in total. The average molecular weight is 274 g/mol. The molecule has 0 fully saturated rings. The number of aryl methyl sites for hydroxylation is 1. The number of aromatic nitrogens is 7. The molecule has 19 heavy (non-hydrogen) atoms. The number of hydrogen-bond acceptors (Lipinski definition) is 6. The van der Waals surface area contributed by atoms with Crippen LogP contribution < -0.4 is 0 Å². The van der Waals surface area contributed by atoms with Crippen molar-refractivity contribution in [2.75, 3.05) is 0 Å². The molecule has 3 aromatic rings. The summed E-state index contributed by atoms with van der Waals surface area (Å²) in [5.74, 6) is 0.756. The van der Waals surface area contributed by atoms with Gasteiger partial charge in [0.05, 0.1) is 0 Å². The van der Waals surface area contributed by atoms with Crippen molar-refractivity contribution >= 4 is 11.6 Å². The highest BCUT2D eigenvalue weighted by molar-refractivity contribution is 6.28. The van der Waals surface area contributed by atoms with E-state index in [-0.39, 0.29) is 5.28 Å². The lowest BCUT2D eigenvalue weighted by atomic mass is 10.2. The molecule has 0 saturated carbocycles. The van der Waals surface area contributed by atoms with Gasteiger partial charge in [0.25, 0.3) is 5.95 Å². The van der Waals surface area contributed by atoms with Gasteiger partial charge in [-0.3, -0.25) is 4.98 Å². The summed E-state index contributed by atoms with van der Waals surface area (Å²) in [5, 5.41) is 4.05. The van der Waals surface area contributed by atoms with E-state index in [4.69, 9.17) is 11.6 Å². The highest BCUT2D eigenvalue weighted by atomic mass is 35.5. The van der Waals surface area contributed by atoms with Gasteiger partial charge in [-0.15, -0.1) is 0 Å². The molecule has 0 aliphatic rings. The predicted octanol–water partition coefficient (Wildman–Crippen LogP) is 1.48. The first-order chi connectivity index (χ1) is 9.22. The molecular weight excluding hydrogens is 266 g/mol. The summed E-state index contributed by atoms with van der Waals surface area (Å²) in [4.78, 5) is 20.4. The monoisotopic (exact) mass is 273 g/mol. The fourth-order valence-electron chi connectivity index (χ4n) is 1.48. The van der Waals surface area contributed by atoms with Crippen molar-refractivity contribution in [3.8, 4) is 17.3 Å². The highest BCUT2D eigenvalue weighted by Crippen LogP contribution is 2.16. The van der Waals surface area contributed by atoms with E-state index in [1.165, 1.54) is 17.3 Å². The fraction of sp³-hybridized carbons (Fsp3) is 0.0909. The lowest BCUT2D eigenvalue weighted by Gasteiger charge is -2.03. The van der Waals surface area contributed by atoms with Crippen LogP contribution in [0.25, 0.3) is 17.3 Å². The minimum Gasteiger partial charge on any atom is -0.261 e. The second kappa shape index (κ2) is 4.69. The van der Waals surface area contributed by atoms with Crippen LogP contribution in [0.4, 0.5) is 0 Å². The van der Waals surface area contributed by atoms with Crippen molar-refractivity contribution in [1.29, 1.82) is 0 Å². The molecule has 0 spiro atoms. The van der Waals surface area contributed by atoms with Gasteiger partial charge < -0.3 is 0 Å². The quantitative estimate of drug-likeness (QED) is 0.703. The van der Waals surface area contributed by atoms with Crippen LogP contribution in [0.15, 0.2) is 31.0 Å². The third-order valence-corrected chi connectivity index (χ3v) is 2.56. The second-order valence-electron chi connectivity index (χ2n) is 3.76. The van der Waals surface area contributed by atoms with Crippen LogP contribution in [0, 0.1) is 6.92 Å². The Hall–Kier alpha value is -2.41. The summed E-state index contributed by atoms with van der Waals surface area (Å²) in [7, 11) is 0. The summed E-state index contributed by atoms with van der Waals surface area (Å²) >= 11 is 5.90. The third-order valence-electron chi connectivity index (χ3n) is 2.39. The van der Waals surface area contributed by atoms with Crippen LogP contribution in [-0.2, 0) is 0 Å². The summed E-state index contributed by atoms with van der Waals surface area (Å²) in [6.07, 6.45) is 4.57. The summed E-state index contributed by atoms with van der Waals surface area (Å²) in [6, 6.07) is 3.75. The van der Waals surface area contributed by atoms with Crippen molar-refractivity contribution in [3.63, 3.8) is 0 Å². The number of nitrogens with zero attached hydrogens (tertiary/aromatic N) is 7. The maximum Gasteiger partial charge on any atom is 0.256 e. The van der Waals surface area contributed by atoms with Gasteiger partial charge in [-0.05, 0) is 30.7 Å². The normalized spacial score (nSPS) is 10.6. The van der Waals surface area contributed by atoms with E-state index >= 15 is 0 Å². The molecule has 3 aromatic heterocycles. The molecule has 0 aliphatic heterocycles. The minimum atomic E-state index is 0.0936. The first-order valence-corrected chi connectivity index (χ1v) is 5.80. The molecule has 8 heteroatoms.